The normalized spacial score (nSPS) is 18.0. The first-order chi connectivity index (χ1) is 10.2. The third-order valence-electron chi connectivity index (χ3n) is 4.42. The van der Waals surface area contributed by atoms with Crippen molar-refractivity contribution in [3.05, 3.63) is 48.0 Å². The van der Waals surface area contributed by atoms with Crippen molar-refractivity contribution >= 4 is 16.7 Å². The highest BCUT2D eigenvalue weighted by molar-refractivity contribution is 5.83. The second-order valence-corrected chi connectivity index (χ2v) is 5.83. The lowest BCUT2D eigenvalue weighted by atomic mass is 10.0. The van der Waals surface area contributed by atoms with Crippen molar-refractivity contribution in [2.45, 2.75) is 25.3 Å². The van der Waals surface area contributed by atoms with Gasteiger partial charge in [0.1, 0.15) is 0 Å². The second-order valence-electron chi connectivity index (χ2n) is 5.83. The molecule has 1 amide bonds. The maximum absolute atomic E-state index is 12.3. The Morgan fingerprint density at radius 2 is 2.05 bits per heavy atom. The molecule has 0 aliphatic carbocycles. The molecule has 0 radical (unpaired) electrons. The first kappa shape index (κ1) is 14.1. The summed E-state index contributed by atoms with van der Waals surface area (Å²) in [4.78, 5) is 14.2. The van der Waals surface area contributed by atoms with Gasteiger partial charge in [0.15, 0.2) is 0 Å². The molecule has 1 unspecified atom stereocenters. The van der Waals surface area contributed by atoms with Crippen LogP contribution < -0.4 is 5.32 Å². The minimum Gasteiger partial charge on any atom is -0.341 e. The summed E-state index contributed by atoms with van der Waals surface area (Å²) in [6.45, 7) is 1.95. The van der Waals surface area contributed by atoms with Crippen LogP contribution in [0.3, 0.4) is 0 Å². The Labute approximate surface area is 125 Å². The van der Waals surface area contributed by atoms with Crippen LogP contribution in [0.4, 0.5) is 0 Å². The van der Waals surface area contributed by atoms with Crippen molar-refractivity contribution in [1.82, 2.24) is 10.2 Å². The van der Waals surface area contributed by atoms with E-state index in [1.54, 1.807) is 0 Å². The lowest BCUT2D eigenvalue weighted by molar-refractivity contribution is -0.131. The van der Waals surface area contributed by atoms with Crippen LogP contribution >= 0.6 is 0 Å². The Morgan fingerprint density at radius 1 is 1.24 bits per heavy atom. The number of fused-ring (bicyclic) bond motifs is 1. The maximum atomic E-state index is 12.3. The zero-order valence-corrected chi connectivity index (χ0v) is 12.5. The van der Waals surface area contributed by atoms with Gasteiger partial charge in [0, 0.05) is 26.1 Å². The summed E-state index contributed by atoms with van der Waals surface area (Å²) in [5.41, 5.74) is 1.24. The molecular formula is C18H22N2O. The van der Waals surface area contributed by atoms with Gasteiger partial charge in [-0.1, -0.05) is 42.5 Å². The number of benzene rings is 2. The van der Waals surface area contributed by atoms with Crippen LogP contribution in [0, 0.1) is 0 Å². The Kier molecular flexibility index (Phi) is 4.20. The highest BCUT2D eigenvalue weighted by atomic mass is 16.2. The predicted octanol–water partition coefficient (Wildman–Crippen LogP) is 2.59. The zero-order valence-electron chi connectivity index (χ0n) is 12.5. The molecule has 3 nitrogen and oxygen atoms in total. The van der Waals surface area contributed by atoms with Crippen molar-refractivity contribution in [2.75, 3.05) is 20.1 Å². The Balaban J connectivity index is 1.61. The van der Waals surface area contributed by atoms with Gasteiger partial charge in [-0.05, 0) is 35.7 Å². The largest absolute Gasteiger partial charge is 0.341 e. The summed E-state index contributed by atoms with van der Waals surface area (Å²) >= 11 is 0. The number of nitrogens with one attached hydrogen (secondary N) is 1. The average molecular weight is 282 g/mol. The number of amides is 1. The molecule has 0 saturated carbocycles. The van der Waals surface area contributed by atoms with Crippen LogP contribution in [0.15, 0.2) is 42.5 Å². The van der Waals surface area contributed by atoms with Gasteiger partial charge in [-0.3, -0.25) is 4.79 Å². The lowest BCUT2D eigenvalue weighted by Gasteiger charge is -2.23. The number of carbonyl (C=O) groups is 1. The van der Waals surface area contributed by atoms with Gasteiger partial charge in [-0.2, -0.15) is 0 Å². The van der Waals surface area contributed by atoms with Crippen molar-refractivity contribution < 1.29 is 4.79 Å². The zero-order chi connectivity index (χ0) is 14.7. The molecule has 1 saturated heterocycles. The van der Waals surface area contributed by atoms with Gasteiger partial charge < -0.3 is 10.2 Å². The Bertz CT molecular complexity index is 632. The molecule has 1 atom stereocenters. The summed E-state index contributed by atoms with van der Waals surface area (Å²) in [5, 5.41) is 5.81. The number of hydrogen-bond donors (Lipinski definition) is 1. The molecule has 0 aromatic heterocycles. The third kappa shape index (κ3) is 3.24. The minimum atomic E-state index is 0.247. The van der Waals surface area contributed by atoms with Crippen LogP contribution in [0.25, 0.3) is 10.8 Å². The average Bonchev–Trinajstić information content (AvgIpc) is 3.06. The monoisotopic (exact) mass is 282 g/mol. The van der Waals surface area contributed by atoms with Gasteiger partial charge in [-0.15, -0.1) is 0 Å². The quantitative estimate of drug-likeness (QED) is 0.935. The summed E-state index contributed by atoms with van der Waals surface area (Å²) in [7, 11) is 1.93. The molecule has 3 heteroatoms. The fraction of sp³-hybridized carbons (Fsp3) is 0.389. The van der Waals surface area contributed by atoms with E-state index in [-0.39, 0.29) is 5.91 Å². The molecule has 3 rings (SSSR count). The number of carbonyl (C=O) groups excluding carboxylic acids is 1. The number of hydrogen-bond acceptors (Lipinski definition) is 2. The molecule has 1 aliphatic heterocycles. The van der Waals surface area contributed by atoms with E-state index < -0.39 is 0 Å². The first-order valence-corrected chi connectivity index (χ1v) is 7.68. The molecule has 2 aromatic carbocycles. The highest BCUT2D eigenvalue weighted by Gasteiger charge is 2.22. The van der Waals surface area contributed by atoms with E-state index in [1.165, 1.54) is 16.3 Å². The number of aryl methyl sites for hydroxylation is 1. The second kappa shape index (κ2) is 6.27. The van der Waals surface area contributed by atoms with Gasteiger partial charge in [-0.25, -0.2) is 0 Å². The SMILES string of the molecule is CN(C(=O)CCc1ccc2ccccc2c1)C1CCNC1. The van der Waals surface area contributed by atoms with Gasteiger partial charge in [0.2, 0.25) is 5.91 Å². The molecule has 0 bridgehead atoms. The molecule has 1 heterocycles. The topological polar surface area (TPSA) is 32.3 Å². The lowest BCUT2D eigenvalue weighted by Crippen LogP contribution is -2.38. The van der Waals surface area contributed by atoms with E-state index in [4.69, 9.17) is 0 Å². The first-order valence-electron chi connectivity index (χ1n) is 7.68. The van der Waals surface area contributed by atoms with Gasteiger partial charge in [0.05, 0.1) is 0 Å². The van der Waals surface area contributed by atoms with Crippen LogP contribution in [-0.2, 0) is 11.2 Å². The molecule has 1 N–H and O–H groups in total. The van der Waals surface area contributed by atoms with Crippen molar-refractivity contribution in [2.24, 2.45) is 0 Å². The Morgan fingerprint density at radius 3 is 2.81 bits per heavy atom. The minimum absolute atomic E-state index is 0.247. The van der Waals surface area contributed by atoms with Crippen LogP contribution in [0.2, 0.25) is 0 Å². The molecule has 110 valence electrons. The number of rotatable bonds is 4. The summed E-state index contributed by atoms with van der Waals surface area (Å²) < 4.78 is 0. The molecule has 1 fully saturated rings. The van der Waals surface area contributed by atoms with Crippen LogP contribution in [0.1, 0.15) is 18.4 Å². The van der Waals surface area contributed by atoms with E-state index in [2.05, 4.69) is 47.8 Å². The highest BCUT2D eigenvalue weighted by Crippen LogP contribution is 2.17. The van der Waals surface area contributed by atoms with E-state index in [0.29, 0.717) is 12.5 Å². The van der Waals surface area contributed by atoms with E-state index in [1.807, 2.05) is 11.9 Å². The molecule has 2 aromatic rings. The number of likely N-dealkylation sites (N-methyl/N-ethyl adjacent to an activating group) is 1. The molecule has 1 aliphatic rings. The number of nitrogens with zero attached hydrogens (tertiary/aromatic N) is 1. The van der Waals surface area contributed by atoms with Gasteiger partial charge in [0.25, 0.3) is 0 Å². The fourth-order valence-corrected chi connectivity index (χ4v) is 3.00. The van der Waals surface area contributed by atoms with Crippen molar-refractivity contribution in [3.63, 3.8) is 0 Å². The third-order valence-corrected chi connectivity index (χ3v) is 4.42. The van der Waals surface area contributed by atoms with Crippen LogP contribution in [0.5, 0.6) is 0 Å². The summed E-state index contributed by atoms with van der Waals surface area (Å²) in [5.74, 6) is 0.247. The standard InChI is InChI=1S/C18H22N2O/c1-20(17-10-11-19-13-17)18(21)9-7-14-6-8-15-4-2-3-5-16(15)12-14/h2-6,8,12,17,19H,7,9-11,13H2,1H3. The predicted molar refractivity (Wildman–Crippen MR) is 86.3 cm³/mol. The summed E-state index contributed by atoms with van der Waals surface area (Å²) in [6, 6.07) is 15.2. The molecule has 0 spiro atoms. The van der Waals surface area contributed by atoms with Gasteiger partial charge >= 0.3 is 0 Å². The molecular weight excluding hydrogens is 260 g/mol. The van der Waals surface area contributed by atoms with E-state index in [9.17, 15) is 4.79 Å². The smallest absolute Gasteiger partial charge is 0.222 e. The molecule has 21 heavy (non-hydrogen) atoms. The van der Waals surface area contributed by atoms with E-state index in [0.717, 1.165) is 25.9 Å². The van der Waals surface area contributed by atoms with E-state index >= 15 is 0 Å². The Hall–Kier alpha value is -1.87. The van der Waals surface area contributed by atoms with Crippen molar-refractivity contribution in [1.29, 1.82) is 0 Å². The summed E-state index contributed by atoms with van der Waals surface area (Å²) in [6.07, 6.45) is 2.47. The fourth-order valence-electron chi connectivity index (χ4n) is 3.00. The van der Waals surface area contributed by atoms with Crippen LogP contribution in [-0.4, -0.2) is 37.0 Å². The van der Waals surface area contributed by atoms with Crippen molar-refractivity contribution in [3.8, 4) is 0 Å². The maximum Gasteiger partial charge on any atom is 0.222 e.